The molecule has 1 heterocycles. The quantitative estimate of drug-likeness (QED) is 0.801. The molecule has 1 unspecified atom stereocenters. The van der Waals surface area contributed by atoms with E-state index < -0.39 is 0 Å². The van der Waals surface area contributed by atoms with E-state index in [1.165, 1.54) is 37.7 Å². The van der Waals surface area contributed by atoms with Crippen molar-refractivity contribution in [3.63, 3.8) is 0 Å². The molecular formula is C16H23N3O. The van der Waals surface area contributed by atoms with Crippen molar-refractivity contribution in [1.82, 2.24) is 15.3 Å². The van der Waals surface area contributed by atoms with Gasteiger partial charge in [0.05, 0.1) is 11.0 Å². The van der Waals surface area contributed by atoms with Crippen molar-refractivity contribution in [2.24, 2.45) is 5.92 Å². The summed E-state index contributed by atoms with van der Waals surface area (Å²) in [5.41, 5.74) is 2.96. The molecule has 2 aromatic rings. The van der Waals surface area contributed by atoms with E-state index in [0.717, 1.165) is 17.6 Å². The van der Waals surface area contributed by atoms with Gasteiger partial charge >= 0.3 is 5.69 Å². The van der Waals surface area contributed by atoms with Gasteiger partial charge in [-0.1, -0.05) is 32.3 Å². The van der Waals surface area contributed by atoms with Crippen molar-refractivity contribution in [2.75, 3.05) is 6.54 Å². The average Bonchev–Trinajstić information content (AvgIpc) is 2.84. The maximum absolute atomic E-state index is 11.4. The Kier molecular flexibility index (Phi) is 3.92. The van der Waals surface area contributed by atoms with Crippen LogP contribution in [-0.4, -0.2) is 16.5 Å². The Hall–Kier alpha value is -1.55. The number of fused-ring (bicyclic) bond motifs is 1. The van der Waals surface area contributed by atoms with Crippen molar-refractivity contribution >= 4 is 11.0 Å². The second-order valence-corrected chi connectivity index (χ2v) is 5.82. The van der Waals surface area contributed by atoms with Crippen LogP contribution in [0.15, 0.2) is 23.0 Å². The summed E-state index contributed by atoms with van der Waals surface area (Å²) < 4.78 is 0. The molecule has 1 aromatic heterocycles. The van der Waals surface area contributed by atoms with Gasteiger partial charge < -0.3 is 15.3 Å². The lowest BCUT2D eigenvalue weighted by atomic mass is 9.81. The molecule has 1 saturated carbocycles. The lowest BCUT2D eigenvalue weighted by molar-refractivity contribution is 0.274. The predicted molar refractivity (Wildman–Crippen MR) is 81.9 cm³/mol. The first-order chi connectivity index (χ1) is 9.78. The number of hydrogen-bond donors (Lipinski definition) is 3. The Labute approximate surface area is 119 Å². The summed E-state index contributed by atoms with van der Waals surface area (Å²) in [6.45, 7) is 3.13. The van der Waals surface area contributed by atoms with Crippen LogP contribution in [0.2, 0.25) is 0 Å². The predicted octanol–water partition coefficient (Wildman–Crippen LogP) is 3.09. The molecular weight excluding hydrogens is 250 g/mol. The van der Waals surface area contributed by atoms with Crippen molar-refractivity contribution < 1.29 is 0 Å². The fraction of sp³-hybridized carbons (Fsp3) is 0.562. The molecule has 1 atom stereocenters. The van der Waals surface area contributed by atoms with Crippen LogP contribution in [0.25, 0.3) is 11.0 Å². The number of H-pyrrole nitrogens is 2. The third-order valence-corrected chi connectivity index (χ3v) is 4.44. The van der Waals surface area contributed by atoms with Crippen molar-refractivity contribution in [1.29, 1.82) is 0 Å². The molecule has 4 heteroatoms. The lowest BCUT2D eigenvalue weighted by Gasteiger charge is -2.31. The summed E-state index contributed by atoms with van der Waals surface area (Å²) >= 11 is 0. The zero-order valence-corrected chi connectivity index (χ0v) is 12.0. The molecule has 0 radical (unpaired) electrons. The number of rotatable bonds is 4. The van der Waals surface area contributed by atoms with Gasteiger partial charge in [-0.3, -0.25) is 0 Å². The molecule has 3 rings (SSSR count). The monoisotopic (exact) mass is 273 g/mol. The number of benzene rings is 1. The number of hydrogen-bond acceptors (Lipinski definition) is 2. The molecule has 1 aliphatic rings. The topological polar surface area (TPSA) is 60.7 Å². The Balaban J connectivity index is 1.92. The van der Waals surface area contributed by atoms with Crippen LogP contribution >= 0.6 is 0 Å². The van der Waals surface area contributed by atoms with Crippen LogP contribution in [0.5, 0.6) is 0 Å². The van der Waals surface area contributed by atoms with E-state index in [0.29, 0.717) is 12.0 Å². The van der Waals surface area contributed by atoms with E-state index in [1.54, 1.807) is 0 Å². The van der Waals surface area contributed by atoms with Crippen LogP contribution < -0.4 is 11.0 Å². The molecule has 0 amide bonds. The minimum Gasteiger partial charge on any atom is -0.310 e. The summed E-state index contributed by atoms with van der Waals surface area (Å²) in [6, 6.07) is 6.68. The van der Waals surface area contributed by atoms with E-state index in [9.17, 15) is 4.79 Å². The van der Waals surface area contributed by atoms with E-state index >= 15 is 0 Å². The third kappa shape index (κ3) is 2.66. The third-order valence-electron chi connectivity index (χ3n) is 4.44. The minimum atomic E-state index is -0.130. The van der Waals surface area contributed by atoms with Gasteiger partial charge in [0, 0.05) is 6.04 Å². The smallest absolute Gasteiger partial charge is 0.310 e. The first-order valence-electron chi connectivity index (χ1n) is 7.73. The fourth-order valence-corrected chi connectivity index (χ4v) is 3.49. The van der Waals surface area contributed by atoms with Gasteiger partial charge in [-0.25, -0.2) is 4.79 Å². The molecule has 20 heavy (non-hydrogen) atoms. The summed E-state index contributed by atoms with van der Waals surface area (Å²) in [5.74, 6) is 0.715. The van der Waals surface area contributed by atoms with Crippen LogP contribution in [-0.2, 0) is 0 Å². The number of aromatic nitrogens is 2. The maximum Gasteiger partial charge on any atom is 0.323 e. The Morgan fingerprint density at radius 1 is 1.20 bits per heavy atom. The van der Waals surface area contributed by atoms with Gasteiger partial charge in [-0.2, -0.15) is 0 Å². The molecule has 3 N–H and O–H groups in total. The summed E-state index contributed by atoms with van der Waals surface area (Å²) in [7, 11) is 0. The molecule has 0 saturated heterocycles. The van der Waals surface area contributed by atoms with Crippen molar-refractivity contribution in [2.45, 2.75) is 45.1 Å². The van der Waals surface area contributed by atoms with E-state index in [-0.39, 0.29) is 5.69 Å². The molecule has 4 nitrogen and oxygen atoms in total. The Morgan fingerprint density at radius 3 is 2.70 bits per heavy atom. The number of imidazole rings is 1. The highest BCUT2D eigenvalue weighted by Crippen LogP contribution is 2.34. The lowest BCUT2D eigenvalue weighted by Crippen LogP contribution is -2.29. The molecule has 108 valence electrons. The molecule has 1 fully saturated rings. The first-order valence-corrected chi connectivity index (χ1v) is 7.73. The highest BCUT2D eigenvalue weighted by Gasteiger charge is 2.24. The van der Waals surface area contributed by atoms with Gasteiger partial charge in [-0.05, 0) is 43.0 Å². The highest BCUT2D eigenvalue weighted by molar-refractivity contribution is 5.75. The molecule has 1 aliphatic carbocycles. The zero-order valence-electron chi connectivity index (χ0n) is 12.0. The second kappa shape index (κ2) is 5.83. The van der Waals surface area contributed by atoms with Crippen molar-refractivity contribution in [3.05, 3.63) is 34.2 Å². The Morgan fingerprint density at radius 2 is 1.95 bits per heavy atom. The normalized spacial score (nSPS) is 18.4. The Bertz CT molecular complexity index is 622. The maximum atomic E-state index is 11.4. The largest absolute Gasteiger partial charge is 0.323 e. The second-order valence-electron chi connectivity index (χ2n) is 5.82. The molecule has 0 bridgehead atoms. The highest BCUT2D eigenvalue weighted by atomic mass is 16.1. The summed E-state index contributed by atoms with van der Waals surface area (Å²) in [5, 5.41) is 3.64. The summed E-state index contributed by atoms with van der Waals surface area (Å²) in [4.78, 5) is 17.0. The summed E-state index contributed by atoms with van der Waals surface area (Å²) in [6.07, 6.45) is 6.67. The first kappa shape index (κ1) is 13.4. The van der Waals surface area contributed by atoms with E-state index in [2.05, 4.69) is 34.3 Å². The average molecular weight is 273 g/mol. The van der Waals surface area contributed by atoms with Gasteiger partial charge in [0.2, 0.25) is 0 Å². The number of nitrogens with one attached hydrogen (secondary N) is 3. The van der Waals surface area contributed by atoms with Crippen LogP contribution in [0, 0.1) is 5.92 Å². The van der Waals surface area contributed by atoms with E-state index in [1.807, 2.05) is 6.07 Å². The minimum absolute atomic E-state index is 0.130. The molecule has 0 aliphatic heterocycles. The van der Waals surface area contributed by atoms with Gasteiger partial charge in [0.15, 0.2) is 0 Å². The molecule has 1 aromatic carbocycles. The van der Waals surface area contributed by atoms with Crippen molar-refractivity contribution in [3.8, 4) is 0 Å². The van der Waals surface area contributed by atoms with Gasteiger partial charge in [0.25, 0.3) is 0 Å². The standard InChI is InChI=1S/C16H23N3O/c1-2-17-15(11-6-4-3-5-7-11)12-8-9-13-14(10-12)19-16(20)18-13/h8-11,15,17H,2-7H2,1H3,(H2,18,19,20). The van der Waals surface area contributed by atoms with Crippen LogP contribution in [0.1, 0.15) is 50.6 Å². The van der Waals surface area contributed by atoms with E-state index in [4.69, 9.17) is 0 Å². The number of aromatic amines is 2. The van der Waals surface area contributed by atoms with Crippen LogP contribution in [0.4, 0.5) is 0 Å². The van der Waals surface area contributed by atoms with Crippen LogP contribution in [0.3, 0.4) is 0 Å². The zero-order chi connectivity index (χ0) is 13.9. The molecule has 0 spiro atoms. The van der Waals surface area contributed by atoms with Gasteiger partial charge in [-0.15, -0.1) is 0 Å². The van der Waals surface area contributed by atoms with Gasteiger partial charge in [0.1, 0.15) is 0 Å². The SMILES string of the molecule is CCNC(c1ccc2[nH]c(=O)[nH]c2c1)C1CCCCC1. The fourth-order valence-electron chi connectivity index (χ4n) is 3.49.